The summed E-state index contributed by atoms with van der Waals surface area (Å²) in [5.41, 5.74) is 5.53. The number of carbonyl (C=O) groups is 1. The molecule has 1 amide bonds. The van der Waals surface area contributed by atoms with Gasteiger partial charge >= 0.3 is 0 Å². The van der Waals surface area contributed by atoms with E-state index in [4.69, 9.17) is 10.9 Å². The monoisotopic (exact) mass is 201 g/mol. The summed E-state index contributed by atoms with van der Waals surface area (Å²) < 4.78 is 0. The summed E-state index contributed by atoms with van der Waals surface area (Å²) in [5.74, 6) is -0.314. The van der Waals surface area contributed by atoms with Crippen LogP contribution in [0.3, 0.4) is 0 Å². The molecule has 0 radical (unpaired) electrons. The number of hydrogen-bond acceptors (Lipinski definition) is 4. The lowest BCUT2D eigenvalue weighted by atomic mass is 10.1. The predicted octanol–water partition coefficient (Wildman–Crippen LogP) is 0.472. The van der Waals surface area contributed by atoms with Crippen LogP contribution in [0.15, 0.2) is 5.16 Å². The van der Waals surface area contributed by atoms with E-state index in [0.717, 1.165) is 25.7 Å². The zero-order valence-electron chi connectivity index (χ0n) is 8.62. The van der Waals surface area contributed by atoms with E-state index in [-0.39, 0.29) is 11.6 Å². The highest BCUT2D eigenvalue weighted by Gasteiger charge is 2.08. The van der Waals surface area contributed by atoms with Crippen LogP contribution in [0, 0.1) is 0 Å². The number of carbonyl (C=O) groups excluding carboxylic acids is 1. The van der Waals surface area contributed by atoms with Gasteiger partial charge in [0.05, 0.1) is 0 Å². The minimum Gasteiger partial charge on any atom is -0.410 e. The van der Waals surface area contributed by atoms with Crippen molar-refractivity contribution in [1.29, 1.82) is 0 Å². The Morgan fingerprint density at radius 3 is 2.50 bits per heavy atom. The van der Waals surface area contributed by atoms with Gasteiger partial charge in [-0.25, -0.2) is 0 Å². The second kappa shape index (κ2) is 8.50. The number of nitrogens with two attached hydrogens (primary N) is 1. The topological polar surface area (TPSA) is 87.7 Å². The molecular formula is C9H19N3O2. The summed E-state index contributed by atoms with van der Waals surface area (Å²) in [5, 5.41) is 13.9. The van der Waals surface area contributed by atoms with E-state index < -0.39 is 0 Å². The fourth-order valence-corrected chi connectivity index (χ4v) is 1.14. The molecule has 0 aromatic rings. The van der Waals surface area contributed by atoms with Crippen LogP contribution in [0.4, 0.5) is 0 Å². The van der Waals surface area contributed by atoms with Crippen molar-refractivity contribution in [3.63, 3.8) is 0 Å². The van der Waals surface area contributed by atoms with E-state index in [1.165, 1.54) is 7.05 Å². The lowest BCUT2D eigenvalue weighted by Crippen LogP contribution is -2.27. The van der Waals surface area contributed by atoms with Gasteiger partial charge in [-0.1, -0.05) is 18.0 Å². The third-order valence-corrected chi connectivity index (χ3v) is 1.98. The molecule has 0 aromatic heterocycles. The van der Waals surface area contributed by atoms with Crippen LogP contribution >= 0.6 is 0 Å². The van der Waals surface area contributed by atoms with Crippen molar-refractivity contribution in [1.82, 2.24) is 5.32 Å². The first-order chi connectivity index (χ1) is 6.76. The molecule has 0 unspecified atom stereocenters. The quantitative estimate of drug-likeness (QED) is 0.242. The molecule has 0 aliphatic rings. The van der Waals surface area contributed by atoms with Crippen LogP contribution in [-0.4, -0.2) is 30.4 Å². The van der Waals surface area contributed by atoms with Crippen molar-refractivity contribution in [3.05, 3.63) is 0 Å². The van der Waals surface area contributed by atoms with Crippen LogP contribution in [-0.2, 0) is 4.79 Å². The molecule has 5 heteroatoms. The molecule has 0 bridgehead atoms. The Kier molecular flexibility index (Phi) is 7.83. The maximum atomic E-state index is 11.0. The number of hydrogen-bond donors (Lipinski definition) is 3. The average Bonchev–Trinajstić information content (AvgIpc) is 2.22. The Morgan fingerprint density at radius 2 is 2.00 bits per heavy atom. The van der Waals surface area contributed by atoms with Crippen LogP contribution in [0.2, 0.25) is 0 Å². The normalized spacial score (nSPS) is 11.4. The maximum absolute atomic E-state index is 11.0. The second-order valence-electron chi connectivity index (χ2n) is 3.08. The Labute approximate surface area is 84.4 Å². The average molecular weight is 201 g/mol. The van der Waals surface area contributed by atoms with E-state index in [2.05, 4.69) is 10.5 Å². The summed E-state index contributed by atoms with van der Waals surface area (Å²) in [6, 6.07) is 0. The van der Waals surface area contributed by atoms with Gasteiger partial charge in [-0.15, -0.1) is 0 Å². The molecule has 4 N–H and O–H groups in total. The number of nitrogens with one attached hydrogen (secondary N) is 1. The Hall–Kier alpha value is -1.10. The largest absolute Gasteiger partial charge is 0.410 e. The molecule has 0 aromatic carbocycles. The minimum absolute atomic E-state index is 0.195. The van der Waals surface area contributed by atoms with Crippen LogP contribution in [0.1, 0.15) is 32.1 Å². The smallest absolute Gasteiger partial charge is 0.268 e. The zero-order chi connectivity index (χ0) is 10.8. The van der Waals surface area contributed by atoms with E-state index >= 15 is 0 Å². The molecule has 0 fully saturated rings. The van der Waals surface area contributed by atoms with Crippen LogP contribution in [0.25, 0.3) is 0 Å². The first-order valence-electron chi connectivity index (χ1n) is 4.89. The van der Waals surface area contributed by atoms with E-state index in [9.17, 15) is 4.79 Å². The predicted molar refractivity (Wildman–Crippen MR) is 55.4 cm³/mol. The van der Waals surface area contributed by atoms with Gasteiger partial charge in [0.2, 0.25) is 0 Å². The standard InChI is InChI=1S/C9H19N3O2/c1-11-9(13)8(12-14)6-4-2-3-5-7-10/h14H,2-7,10H2,1H3,(H,11,13)/b12-8+. The second-order valence-corrected chi connectivity index (χ2v) is 3.08. The van der Waals surface area contributed by atoms with Crippen molar-refractivity contribution in [3.8, 4) is 0 Å². The summed E-state index contributed by atoms with van der Waals surface area (Å²) >= 11 is 0. The van der Waals surface area contributed by atoms with Crippen molar-refractivity contribution >= 4 is 11.6 Å². The van der Waals surface area contributed by atoms with Crippen LogP contribution < -0.4 is 11.1 Å². The molecule has 0 spiro atoms. The van der Waals surface area contributed by atoms with Gasteiger partial charge in [-0.2, -0.15) is 0 Å². The third kappa shape index (κ3) is 5.53. The molecule has 0 saturated heterocycles. The fraction of sp³-hybridized carbons (Fsp3) is 0.778. The number of amides is 1. The van der Waals surface area contributed by atoms with E-state index in [0.29, 0.717) is 13.0 Å². The van der Waals surface area contributed by atoms with Gasteiger partial charge in [-0.05, 0) is 25.8 Å². The molecule has 0 atom stereocenters. The molecule has 0 heterocycles. The molecule has 0 saturated carbocycles. The van der Waals surface area contributed by atoms with Crippen molar-refractivity contribution in [2.75, 3.05) is 13.6 Å². The molecule has 0 aliphatic heterocycles. The van der Waals surface area contributed by atoms with E-state index in [1.54, 1.807) is 0 Å². The van der Waals surface area contributed by atoms with Crippen LogP contribution in [0.5, 0.6) is 0 Å². The highest BCUT2D eigenvalue weighted by Crippen LogP contribution is 2.03. The summed E-state index contributed by atoms with van der Waals surface area (Å²) in [6.45, 7) is 0.705. The first kappa shape index (κ1) is 12.9. The lowest BCUT2D eigenvalue weighted by molar-refractivity contribution is -0.114. The summed E-state index contributed by atoms with van der Waals surface area (Å²) in [7, 11) is 1.52. The maximum Gasteiger partial charge on any atom is 0.268 e. The third-order valence-electron chi connectivity index (χ3n) is 1.98. The minimum atomic E-state index is -0.314. The van der Waals surface area contributed by atoms with Gasteiger partial charge < -0.3 is 16.3 Å². The highest BCUT2D eigenvalue weighted by atomic mass is 16.4. The SMILES string of the molecule is CNC(=O)/C(CCCCCCN)=N/O. The van der Waals surface area contributed by atoms with Gasteiger partial charge in [-0.3, -0.25) is 4.79 Å². The molecule has 0 aliphatic carbocycles. The molecular weight excluding hydrogens is 182 g/mol. The fourth-order valence-electron chi connectivity index (χ4n) is 1.14. The molecule has 82 valence electrons. The number of unbranched alkanes of at least 4 members (excludes halogenated alkanes) is 3. The number of rotatable bonds is 7. The van der Waals surface area contributed by atoms with Crippen molar-refractivity contribution < 1.29 is 10.0 Å². The summed E-state index contributed by atoms with van der Waals surface area (Å²) in [6.07, 6.45) is 4.44. The number of nitrogens with zero attached hydrogens (tertiary/aromatic N) is 1. The van der Waals surface area contributed by atoms with Gasteiger partial charge in [0.1, 0.15) is 5.71 Å². The summed E-state index contributed by atoms with van der Waals surface area (Å²) in [4.78, 5) is 11.0. The van der Waals surface area contributed by atoms with Crippen molar-refractivity contribution in [2.24, 2.45) is 10.9 Å². The Morgan fingerprint density at radius 1 is 1.36 bits per heavy atom. The van der Waals surface area contributed by atoms with Gasteiger partial charge in [0.25, 0.3) is 5.91 Å². The van der Waals surface area contributed by atoms with E-state index in [1.807, 2.05) is 0 Å². The van der Waals surface area contributed by atoms with Gasteiger partial charge in [0.15, 0.2) is 0 Å². The molecule has 14 heavy (non-hydrogen) atoms. The first-order valence-corrected chi connectivity index (χ1v) is 4.89. The lowest BCUT2D eigenvalue weighted by Gasteiger charge is -2.02. The highest BCUT2D eigenvalue weighted by molar-refractivity contribution is 6.38. The Bertz CT molecular complexity index is 192. The molecule has 5 nitrogen and oxygen atoms in total. The number of oxime groups is 1. The van der Waals surface area contributed by atoms with Crippen molar-refractivity contribution in [2.45, 2.75) is 32.1 Å². The van der Waals surface area contributed by atoms with Gasteiger partial charge in [0, 0.05) is 7.05 Å². The zero-order valence-corrected chi connectivity index (χ0v) is 8.62. The molecule has 0 rings (SSSR count). The Balaban J connectivity index is 3.59.